The fourth-order valence-corrected chi connectivity index (χ4v) is 3.13. The van der Waals surface area contributed by atoms with Crippen LogP contribution in [0.4, 0.5) is 8.78 Å². The minimum atomic E-state index is -0.659. The largest absolute Gasteiger partial charge is 0.497 e. The maximum absolute atomic E-state index is 13.6. The molecule has 0 aromatic heterocycles. The van der Waals surface area contributed by atoms with Crippen molar-refractivity contribution in [3.05, 3.63) is 59.7 Å². The summed E-state index contributed by atoms with van der Waals surface area (Å²) in [5, 5.41) is 2.97. The lowest BCUT2D eigenvalue weighted by Gasteiger charge is -2.23. The summed E-state index contributed by atoms with van der Waals surface area (Å²) >= 11 is 1.05. The van der Waals surface area contributed by atoms with Gasteiger partial charge in [-0.2, -0.15) is 0 Å². The Morgan fingerprint density at radius 2 is 1.84 bits per heavy atom. The van der Waals surface area contributed by atoms with Crippen LogP contribution >= 0.6 is 11.8 Å². The molecule has 2 aromatic rings. The van der Waals surface area contributed by atoms with Crippen LogP contribution in [0.5, 0.6) is 5.75 Å². The predicted octanol–water partition coefficient (Wildman–Crippen LogP) is 4.58. The highest BCUT2D eigenvalue weighted by Crippen LogP contribution is 2.25. The Morgan fingerprint density at radius 3 is 2.40 bits per heavy atom. The summed E-state index contributed by atoms with van der Waals surface area (Å²) in [7, 11) is 1.60. The van der Waals surface area contributed by atoms with Gasteiger partial charge in [0.1, 0.15) is 17.4 Å². The van der Waals surface area contributed by atoms with Crippen LogP contribution in [0.25, 0.3) is 0 Å². The summed E-state index contributed by atoms with van der Waals surface area (Å²) in [5.74, 6) is -0.505. The van der Waals surface area contributed by atoms with E-state index in [1.807, 2.05) is 38.1 Å². The quantitative estimate of drug-likeness (QED) is 0.730. The van der Waals surface area contributed by atoms with Crippen LogP contribution in [0, 0.1) is 17.6 Å². The molecule has 0 saturated heterocycles. The summed E-state index contributed by atoms with van der Waals surface area (Å²) in [6.45, 7) is 4.03. The molecule has 6 heteroatoms. The second kappa shape index (κ2) is 8.85. The van der Waals surface area contributed by atoms with Crippen LogP contribution < -0.4 is 10.1 Å². The van der Waals surface area contributed by atoms with E-state index in [1.165, 1.54) is 12.1 Å². The van der Waals surface area contributed by atoms with Gasteiger partial charge in [0.05, 0.1) is 18.9 Å². The third kappa shape index (κ3) is 5.46. The van der Waals surface area contributed by atoms with Crippen molar-refractivity contribution in [1.29, 1.82) is 0 Å². The number of amides is 1. The third-order valence-electron chi connectivity index (χ3n) is 3.71. The van der Waals surface area contributed by atoms with Crippen molar-refractivity contribution < 1.29 is 18.3 Å². The lowest BCUT2D eigenvalue weighted by atomic mass is 9.96. The molecule has 134 valence electrons. The Morgan fingerprint density at radius 1 is 1.16 bits per heavy atom. The van der Waals surface area contributed by atoms with Crippen LogP contribution in [0.2, 0.25) is 0 Å². The van der Waals surface area contributed by atoms with Crippen LogP contribution in [0.15, 0.2) is 47.4 Å². The number of carbonyl (C=O) groups excluding carboxylic acids is 1. The molecule has 1 amide bonds. The van der Waals surface area contributed by atoms with Crippen LogP contribution in [0.1, 0.15) is 25.5 Å². The first kappa shape index (κ1) is 19.2. The molecule has 2 aromatic carbocycles. The van der Waals surface area contributed by atoms with Crippen molar-refractivity contribution in [3.8, 4) is 5.75 Å². The van der Waals surface area contributed by atoms with Gasteiger partial charge in [-0.1, -0.05) is 26.0 Å². The van der Waals surface area contributed by atoms with Crippen molar-refractivity contribution in [2.45, 2.75) is 24.8 Å². The first-order valence-electron chi connectivity index (χ1n) is 7.92. The SMILES string of the molecule is COc1ccc([C@@H](NC(=O)CSc2ccc(F)cc2F)C(C)C)cc1. The number of halogens is 2. The van der Waals surface area contributed by atoms with E-state index >= 15 is 0 Å². The smallest absolute Gasteiger partial charge is 0.230 e. The topological polar surface area (TPSA) is 38.3 Å². The van der Waals surface area contributed by atoms with E-state index in [-0.39, 0.29) is 28.5 Å². The number of benzene rings is 2. The Hall–Kier alpha value is -2.08. The molecule has 0 spiro atoms. The molecule has 1 atom stereocenters. The molecule has 3 nitrogen and oxygen atoms in total. The number of carbonyl (C=O) groups is 1. The van der Waals surface area contributed by atoms with Crippen molar-refractivity contribution in [2.24, 2.45) is 5.92 Å². The second-order valence-corrected chi connectivity index (χ2v) is 6.94. The molecule has 0 radical (unpaired) electrons. The van der Waals surface area contributed by atoms with Crippen LogP contribution in [-0.2, 0) is 4.79 Å². The number of rotatable bonds is 7. The number of ether oxygens (including phenoxy) is 1. The maximum atomic E-state index is 13.6. The van der Waals surface area contributed by atoms with E-state index in [2.05, 4.69) is 5.32 Å². The zero-order valence-electron chi connectivity index (χ0n) is 14.4. The predicted molar refractivity (Wildman–Crippen MR) is 95.8 cm³/mol. The van der Waals surface area contributed by atoms with Gasteiger partial charge in [-0.15, -0.1) is 11.8 Å². The number of thioether (sulfide) groups is 1. The van der Waals surface area contributed by atoms with Gasteiger partial charge in [-0.3, -0.25) is 4.79 Å². The van der Waals surface area contributed by atoms with E-state index in [4.69, 9.17) is 4.74 Å². The summed E-state index contributed by atoms with van der Waals surface area (Å²) < 4.78 is 31.7. The minimum absolute atomic E-state index is 0.0575. The van der Waals surface area contributed by atoms with E-state index in [0.717, 1.165) is 29.1 Å². The number of hydrogen-bond acceptors (Lipinski definition) is 3. The Kier molecular flexibility index (Phi) is 6.82. The molecule has 0 aliphatic rings. The van der Waals surface area contributed by atoms with Gasteiger partial charge in [0.15, 0.2) is 0 Å². The van der Waals surface area contributed by atoms with Crippen molar-refractivity contribution in [2.75, 3.05) is 12.9 Å². The third-order valence-corrected chi connectivity index (χ3v) is 4.76. The van der Waals surface area contributed by atoms with Crippen LogP contribution in [-0.4, -0.2) is 18.8 Å². The van der Waals surface area contributed by atoms with Gasteiger partial charge in [-0.25, -0.2) is 8.78 Å². The summed E-state index contributed by atoms with van der Waals surface area (Å²) in [6, 6.07) is 10.7. The highest BCUT2D eigenvalue weighted by atomic mass is 32.2. The summed E-state index contributed by atoms with van der Waals surface area (Å²) in [5.41, 5.74) is 0.974. The fourth-order valence-electron chi connectivity index (χ4n) is 2.40. The van der Waals surface area contributed by atoms with Gasteiger partial charge < -0.3 is 10.1 Å². The molecular weight excluding hydrogens is 344 g/mol. The fraction of sp³-hybridized carbons (Fsp3) is 0.316. The molecular formula is C19H21F2NO2S. The molecule has 2 rings (SSSR count). The van der Waals surface area contributed by atoms with Gasteiger partial charge in [-0.05, 0) is 35.7 Å². The monoisotopic (exact) mass is 365 g/mol. The molecule has 0 bridgehead atoms. The molecule has 0 saturated carbocycles. The molecule has 1 N–H and O–H groups in total. The van der Waals surface area contributed by atoms with E-state index in [9.17, 15) is 13.6 Å². The molecule has 0 unspecified atom stereocenters. The number of methoxy groups -OCH3 is 1. The van der Waals surface area contributed by atoms with Gasteiger partial charge in [0.2, 0.25) is 5.91 Å². The normalized spacial score (nSPS) is 12.1. The average Bonchev–Trinajstić information content (AvgIpc) is 2.59. The van der Waals surface area contributed by atoms with Crippen LogP contribution in [0.3, 0.4) is 0 Å². The first-order chi connectivity index (χ1) is 11.9. The number of nitrogens with one attached hydrogen (secondary N) is 1. The molecule has 0 aliphatic carbocycles. The van der Waals surface area contributed by atoms with E-state index in [1.54, 1.807) is 7.11 Å². The Labute approximate surface area is 150 Å². The number of hydrogen-bond donors (Lipinski definition) is 1. The minimum Gasteiger partial charge on any atom is -0.497 e. The average molecular weight is 365 g/mol. The molecule has 0 heterocycles. The molecule has 0 fully saturated rings. The zero-order valence-corrected chi connectivity index (χ0v) is 15.2. The first-order valence-corrected chi connectivity index (χ1v) is 8.90. The Bertz CT molecular complexity index is 720. The molecule has 25 heavy (non-hydrogen) atoms. The van der Waals surface area contributed by atoms with Gasteiger partial charge >= 0.3 is 0 Å². The van der Waals surface area contributed by atoms with Crippen molar-refractivity contribution in [3.63, 3.8) is 0 Å². The second-order valence-electron chi connectivity index (χ2n) is 5.93. The van der Waals surface area contributed by atoms with E-state index in [0.29, 0.717) is 0 Å². The standard InChI is InChI=1S/C19H21F2NO2S/c1-12(2)19(13-4-7-15(24-3)8-5-13)22-18(23)11-25-17-9-6-14(20)10-16(17)21/h4-10,12,19H,11H2,1-3H3,(H,22,23)/t19-/m0/s1. The highest BCUT2D eigenvalue weighted by Gasteiger charge is 2.19. The molecule has 0 aliphatic heterocycles. The lowest BCUT2D eigenvalue weighted by Crippen LogP contribution is -2.33. The lowest BCUT2D eigenvalue weighted by molar-refractivity contribution is -0.119. The zero-order chi connectivity index (χ0) is 18.4. The Balaban J connectivity index is 1.99. The van der Waals surface area contributed by atoms with Crippen molar-refractivity contribution in [1.82, 2.24) is 5.32 Å². The van der Waals surface area contributed by atoms with E-state index < -0.39 is 11.6 Å². The van der Waals surface area contributed by atoms with Gasteiger partial charge in [0.25, 0.3) is 0 Å². The summed E-state index contributed by atoms with van der Waals surface area (Å²) in [6.07, 6.45) is 0. The van der Waals surface area contributed by atoms with Gasteiger partial charge in [0, 0.05) is 11.0 Å². The van der Waals surface area contributed by atoms with Crippen molar-refractivity contribution >= 4 is 17.7 Å². The maximum Gasteiger partial charge on any atom is 0.230 e. The summed E-state index contributed by atoms with van der Waals surface area (Å²) in [4.78, 5) is 12.5. The highest BCUT2D eigenvalue weighted by molar-refractivity contribution is 8.00.